The van der Waals surface area contributed by atoms with E-state index in [0.29, 0.717) is 18.4 Å². The lowest BCUT2D eigenvalue weighted by molar-refractivity contribution is -0.122. The molecule has 1 aliphatic rings. The highest BCUT2D eigenvalue weighted by atomic mass is 32.2. The van der Waals surface area contributed by atoms with Crippen molar-refractivity contribution in [2.75, 3.05) is 33.7 Å². The zero-order chi connectivity index (χ0) is 21.9. The second-order valence-electron chi connectivity index (χ2n) is 8.21. The standard InChI is InChI=1S/C21H33N5O3S/c1-5-12-26-13-10-16(11-14-26)22-21(27)9-8-20-23-18-15-17(30(28,29)24(2)3)6-7-19(18)25(20)4/h6-7,15-16H,5,8-14H2,1-4H3,(H,22,27). The normalized spacial score (nSPS) is 16.4. The monoisotopic (exact) mass is 435 g/mol. The molecule has 0 unspecified atom stereocenters. The Morgan fingerprint density at radius 3 is 2.60 bits per heavy atom. The summed E-state index contributed by atoms with van der Waals surface area (Å²) in [7, 11) is 1.41. The molecule has 1 aliphatic heterocycles. The molecule has 1 N–H and O–H groups in total. The molecule has 8 nitrogen and oxygen atoms in total. The molecular formula is C21H33N5O3S. The van der Waals surface area contributed by atoms with Gasteiger partial charge in [-0.15, -0.1) is 0 Å². The van der Waals surface area contributed by atoms with Crippen LogP contribution in [-0.4, -0.2) is 72.9 Å². The minimum Gasteiger partial charge on any atom is -0.353 e. The molecule has 1 saturated heterocycles. The number of nitrogens with zero attached hydrogens (tertiary/aromatic N) is 4. The van der Waals surface area contributed by atoms with Gasteiger partial charge < -0.3 is 14.8 Å². The predicted molar refractivity (Wildman–Crippen MR) is 118 cm³/mol. The highest BCUT2D eigenvalue weighted by molar-refractivity contribution is 7.89. The first-order valence-electron chi connectivity index (χ1n) is 10.6. The number of piperidine rings is 1. The first kappa shape index (κ1) is 22.7. The molecule has 1 fully saturated rings. The molecule has 0 aliphatic carbocycles. The summed E-state index contributed by atoms with van der Waals surface area (Å²) in [6.45, 7) is 5.41. The average Bonchev–Trinajstić information content (AvgIpc) is 3.03. The molecule has 0 atom stereocenters. The van der Waals surface area contributed by atoms with Crippen LogP contribution in [0.1, 0.15) is 38.4 Å². The fraction of sp³-hybridized carbons (Fsp3) is 0.619. The van der Waals surface area contributed by atoms with Crippen molar-refractivity contribution < 1.29 is 13.2 Å². The summed E-state index contributed by atoms with van der Waals surface area (Å²) >= 11 is 0. The van der Waals surface area contributed by atoms with Crippen LogP contribution in [0.15, 0.2) is 23.1 Å². The Balaban J connectivity index is 1.61. The van der Waals surface area contributed by atoms with E-state index in [0.717, 1.165) is 50.2 Å². The fourth-order valence-electron chi connectivity index (χ4n) is 3.97. The summed E-state index contributed by atoms with van der Waals surface area (Å²) < 4.78 is 27.8. The molecule has 1 aromatic carbocycles. The highest BCUT2D eigenvalue weighted by Crippen LogP contribution is 2.22. The number of fused-ring (bicyclic) bond motifs is 1. The number of hydrogen-bond donors (Lipinski definition) is 1. The third-order valence-electron chi connectivity index (χ3n) is 5.79. The molecule has 1 amide bonds. The van der Waals surface area contributed by atoms with Crippen LogP contribution in [0.2, 0.25) is 0 Å². The third kappa shape index (κ3) is 5.01. The largest absolute Gasteiger partial charge is 0.353 e. The first-order valence-corrected chi connectivity index (χ1v) is 12.1. The van der Waals surface area contributed by atoms with Crippen LogP contribution in [-0.2, 0) is 28.3 Å². The molecule has 2 heterocycles. The van der Waals surface area contributed by atoms with Crippen LogP contribution < -0.4 is 5.32 Å². The van der Waals surface area contributed by atoms with Gasteiger partial charge >= 0.3 is 0 Å². The minimum absolute atomic E-state index is 0.0480. The average molecular weight is 436 g/mol. The third-order valence-corrected chi connectivity index (χ3v) is 7.60. The van der Waals surface area contributed by atoms with Gasteiger partial charge in [0.1, 0.15) is 5.82 Å². The lowest BCUT2D eigenvalue weighted by atomic mass is 10.0. The van der Waals surface area contributed by atoms with Crippen LogP contribution >= 0.6 is 0 Å². The molecule has 0 bridgehead atoms. The van der Waals surface area contributed by atoms with Gasteiger partial charge in [0, 0.05) is 53.1 Å². The molecular weight excluding hydrogens is 402 g/mol. The van der Waals surface area contributed by atoms with Crippen molar-refractivity contribution in [3.8, 4) is 0 Å². The van der Waals surface area contributed by atoms with E-state index in [1.165, 1.54) is 18.4 Å². The van der Waals surface area contributed by atoms with Gasteiger partial charge in [-0.2, -0.15) is 0 Å². The van der Waals surface area contributed by atoms with Crippen molar-refractivity contribution in [2.45, 2.75) is 50.0 Å². The van der Waals surface area contributed by atoms with Crippen LogP contribution in [0.5, 0.6) is 0 Å². The van der Waals surface area contributed by atoms with Gasteiger partial charge in [-0.3, -0.25) is 4.79 Å². The molecule has 0 radical (unpaired) electrons. The molecule has 2 aromatic rings. The Bertz CT molecular complexity index is 991. The molecule has 166 valence electrons. The molecule has 1 aromatic heterocycles. The lowest BCUT2D eigenvalue weighted by Crippen LogP contribution is -2.44. The molecule has 3 rings (SSSR count). The van der Waals surface area contributed by atoms with Crippen molar-refractivity contribution in [2.24, 2.45) is 7.05 Å². The predicted octanol–water partition coefficient (Wildman–Crippen LogP) is 1.75. The lowest BCUT2D eigenvalue weighted by Gasteiger charge is -2.32. The topological polar surface area (TPSA) is 87.5 Å². The van der Waals surface area contributed by atoms with Crippen LogP contribution in [0.3, 0.4) is 0 Å². The van der Waals surface area contributed by atoms with E-state index in [-0.39, 0.29) is 16.8 Å². The van der Waals surface area contributed by atoms with Crippen LogP contribution in [0, 0.1) is 0 Å². The minimum atomic E-state index is -3.51. The zero-order valence-corrected chi connectivity index (χ0v) is 19.2. The zero-order valence-electron chi connectivity index (χ0n) is 18.4. The molecule has 0 spiro atoms. The number of imidazole rings is 1. The second-order valence-corrected chi connectivity index (χ2v) is 10.4. The van der Waals surface area contributed by atoms with Crippen molar-refractivity contribution in [3.63, 3.8) is 0 Å². The number of hydrogen-bond acceptors (Lipinski definition) is 5. The molecule has 30 heavy (non-hydrogen) atoms. The summed E-state index contributed by atoms with van der Waals surface area (Å²) in [5.41, 5.74) is 1.48. The van der Waals surface area contributed by atoms with Gasteiger partial charge in [-0.25, -0.2) is 17.7 Å². The summed E-state index contributed by atoms with van der Waals surface area (Å²) in [5, 5.41) is 3.16. The van der Waals surface area contributed by atoms with Gasteiger partial charge in [-0.05, 0) is 44.0 Å². The maximum Gasteiger partial charge on any atom is 0.242 e. The molecule has 9 heteroatoms. The summed E-state index contributed by atoms with van der Waals surface area (Å²) in [5.74, 6) is 0.823. The van der Waals surface area contributed by atoms with E-state index in [1.807, 2.05) is 11.6 Å². The van der Waals surface area contributed by atoms with Gasteiger partial charge in [0.2, 0.25) is 15.9 Å². The number of aromatic nitrogens is 2. The van der Waals surface area contributed by atoms with E-state index >= 15 is 0 Å². The Morgan fingerprint density at radius 1 is 1.27 bits per heavy atom. The SMILES string of the molecule is CCCN1CCC(NC(=O)CCc2nc3cc(S(=O)(=O)N(C)C)ccc3n2C)CC1. The van der Waals surface area contributed by atoms with Crippen molar-refractivity contribution in [1.82, 2.24) is 24.1 Å². The maximum absolute atomic E-state index is 12.4. The van der Waals surface area contributed by atoms with Gasteiger partial charge in [0.05, 0.1) is 15.9 Å². The Labute approximate surface area is 179 Å². The second kappa shape index (κ2) is 9.45. The van der Waals surface area contributed by atoms with E-state index in [4.69, 9.17) is 0 Å². The van der Waals surface area contributed by atoms with Gasteiger partial charge in [0.15, 0.2) is 0 Å². The molecule has 0 saturated carbocycles. The number of nitrogens with one attached hydrogen (secondary N) is 1. The number of carbonyl (C=O) groups excluding carboxylic acids is 1. The van der Waals surface area contributed by atoms with Crippen molar-refractivity contribution in [1.29, 1.82) is 0 Å². The maximum atomic E-state index is 12.4. The number of rotatable bonds is 8. The van der Waals surface area contributed by atoms with E-state index < -0.39 is 10.0 Å². The first-order chi connectivity index (χ1) is 14.2. The Hall–Kier alpha value is -1.97. The highest BCUT2D eigenvalue weighted by Gasteiger charge is 2.21. The van der Waals surface area contributed by atoms with Crippen molar-refractivity contribution >= 4 is 27.0 Å². The summed E-state index contributed by atoms with van der Waals surface area (Å²) in [6.07, 6.45) is 4.05. The number of amides is 1. The Kier molecular flexibility index (Phi) is 7.15. The smallest absolute Gasteiger partial charge is 0.242 e. The fourth-order valence-corrected chi connectivity index (χ4v) is 4.89. The number of aryl methyl sites for hydroxylation is 2. The summed E-state index contributed by atoms with van der Waals surface area (Å²) in [6, 6.07) is 5.22. The quantitative estimate of drug-likeness (QED) is 0.683. The van der Waals surface area contributed by atoms with Crippen molar-refractivity contribution in [3.05, 3.63) is 24.0 Å². The van der Waals surface area contributed by atoms with E-state index in [9.17, 15) is 13.2 Å². The number of sulfonamides is 1. The van der Waals surface area contributed by atoms with Gasteiger partial charge in [-0.1, -0.05) is 6.92 Å². The Morgan fingerprint density at radius 2 is 1.97 bits per heavy atom. The van der Waals surface area contributed by atoms with E-state index in [1.54, 1.807) is 18.2 Å². The number of likely N-dealkylation sites (tertiary alicyclic amines) is 1. The number of benzene rings is 1. The van der Waals surface area contributed by atoms with Crippen LogP contribution in [0.25, 0.3) is 11.0 Å². The number of carbonyl (C=O) groups is 1. The van der Waals surface area contributed by atoms with Crippen LogP contribution in [0.4, 0.5) is 0 Å². The van der Waals surface area contributed by atoms with E-state index in [2.05, 4.69) is 22.1 Å². The summed E-state index contributed by atoms with van der Waals surface area (Å²) in [4.78, 5) is 19.7. The van der Waals surface area contributed by atoms with Gasteiger partial charge in [0.25, 0.3) is 0 Å².